The lowest BCUT2D eigenvalue weighted by Crippen LogP contribution is -2.45. The molecule has 5 heteroatoms. The summed E-state index contributed by atoms with van der Waals surface area (Å²) in [5.41, 5.74) is 1.17. The van der Waals surface area contributed by atoms with E-state index in [9.17, 15) is 0 Å². The van der Waals surface area contributed by atoms with Crippen molar-refractivity contribution in [2.45, 2.75) is 51.0 Å². The highest BCUT2D eigenvalue weighted by Crippen LogP contribution is 2.33. The van der Waals surface area contributed by atoms with E-state index in [4.69, 9.17) is 9.47 Å². The zero-order valence-corrected chi connectivity index (χ0v) is 15.3. The van der Waals surface area contributed by atoms with Crippen LogP contribution in [0.4, 0.5) is 0 Å². The van der Waals surface area contributed by atoms with Crippen LogP contribution in [0.2, 0.25) is 0 Å². The van der Waals surface area contributed by atoms with Crippen molar-refractivity contribution < 1.29 is 9.47 Å². The van der Waals surface area contributed by atoms with Crippen molar-refractivity contribution >= 4 is 0 Å². The van der Waals surface area contributed by atoms with Crippen LogP contribution in [0, 0.1) is 0 Å². The summed E-state index contributed by atoms with van der Waals surface area (Å²) in [7, 11) is 2.18. The van der Waals surface area contributed by atoms with Gasteiger partial charge < -0.3 is 14.4 Å². The fourth-order valence-electron chi connectivity index (χ4n) is 3.64. The van der Waals surface area contributed by atoms with E-state index in [1.165, 1.54) is 5.56 Å². The third-order valence-corrected chi connectivity index (χ3v) is 5.30. The molecule has 0 N–H and O–H groups in total. The normalized spacial score (nSPS) is 28.8. The van der Waals surface area contributed by atoms with Crippen LogP contribution in [0.15, 0.2) is 24.5 Å². The van der Waals surface area contributed by atoms with Gasteiger partial charge in [-0.1, -0.05) is 0 Å². The van der Waals surface area contributed by atoms with Crippen molar-refractivity contribution in [3.8, 4) is 0 Å². The zero-order valence-electron chi connectivity index (χ0n) is 15.3. The molecule has 0 aromatic carbocycles. The van der Waals surface area contributed by atoms with E-state index < -0.39 is 0 Å². The summed E-state index contributed by atoms with van der Waals surface area (Å²) in [6, 6.07) is 4.74. The van der Waals surface area contributed by atoms with E-state index in [1.807, 2.05) is 12.4 Å². The third-order valence-electron chi connectivity index (χ3n) is 5.30. The minimum atomic E-state index is -0.133. The van der Waals surface area contributed by atoms with Crippen molar-refractivity contribution in [2.75, 3.05) is 39.9 Å². The summed E-state index contributed by atoms with van der Waals surface area (Å²) in [5.74, 6) is 0. The van der Waals surface area contributed by atoms with Gasteiger partial charge in [-0.3, -0.25) is 9.88 Å². The van der Waals surface area contributed by atoms with Gasteiger partial charge in [0.2, 0.25) is 0 Å². The molecular weight excluding hydrogens is 302 g/mol. The molecule has 2 fully saturated rings. The topological polar surface area (TPSA) is 37.8 Å². The van der Waals surface area contributed by atoms with E-state index in [2.05, 4.69) is 47.8 Å². The minimum absolute atomic E-state index is 0.133. The SMILES string of the molecule is CC(C)N(C)C[C@@H]1CC[C@@]2(COCCN(Cc3ccncc3)C2)O1. The Kier molecular flexibility index (Phi) is 5.87. The van der Waals surface area contributed by atoms with E-state index >= 15 is 0 Å². The molecule has 0 amide bonds. The average Bonchev–Trinajstić information content (AvgIpc) is 2.83. The predicted molar refractivity (Wildman–Crippen MR) is 94.9 cm³/mol. The van der Waals surface area contributed by atoms with Crippen LogP contribution in [0.3, 0.4) is 0 Å². The van der Waals surface area contributed by atoms with Gasteiger partial charge in [-0.25, -0.2) is 0 Å². The molecule has 1 aromatic heterocycles. The van der Waals surface area contributed by atoms with Crippen LogP contribution in [0.1, 0.15) is 32.3 Å². The number of likely N-dealkylation sites (N-methyl/N-ethyl adjacent to an activating group) is 1. The molecule has 2 aliphatic heterocycles. The van der Waals surface area contributed by atoms with Gasteiger partial charge in [0, 0.05) is 44.6 Å². The van der Waals surface area contributed by atoms with Crippen LogP contribution in [-0.4, -0.2) is 72.4 Å². The Bertz CT molecular complexity index is 511. The molecule has 2 saturated heterocycles. The standard InChI is InChI=1S/C19H31N3O2/c1-16(2)21(3)13-18-4-7-19(24-18)14-22(10-11-23-15-19)12-17-5-8-20-9-6-17/h5-6,8-9,16,18H,4,7,10-15H2,1-3H3/t18-,19+/m0/s1. The maximum Gasteiger partial charge on any atom is 0.105 e. The van der Waals surface area contributed by atoms with Crippen LogP contribution >= 0.6 is 0 Å². The van der Waals surface area contributed by atoms with Crippen molar-refractivity contribution in [2.24, 2.45) is 0 Å². The largest absolute Gasteiger partial charge is 0.377 e. The second-order valence-electron chi connectivity index (χ2n) is 7.61. The Morgan fingerprint density at radius 1 is 1.38 bits per heavy atom. The quantitative estimate of drug-likeness (QED) is 0.826. The first kappa shape index (κ1) is 17.8. The van der Waals surface area contributed by atoms with E-state index in [0.29, 0.717) is 12.1 Å². The van der Waals surface area contributed by atoms with Gasteiger partial charge in [-0.15, -0.1) is 0 Å². The number of rotatable bonds is 5. The summed E-state index contributed by atoms with van der Waals surface area (Å²) in [4.78, 5) is 8.95. The number of hydrogen-bond donors (Lipinski definition) is 0. The molecule has 2 aliphatic rings. The van der Waals surface area contributed by atoms with Crippen LogP contribution in [0.25, 0.3) is 0 Å². The van der Waals surface area contributed by atoms with E-state index in [0.717, 1.165) is 52.2 Å². The zero-order chi connectivity index (χ0) is 17.0. The second kappa shape index (κ2) is 7.91. The van der Waals surface area contributed by atoms with Gasteiger partial charge >= 0.3 is 0 Å². The molecule has 0 unspecified atom stereocenters. The fourth-order valence-corrected chi connectivity index (χ4v) is 3.64. The maximum atomic E-state index is 6.54. The maximum absolute atomic E-state index is 6.54. The highest BCUT2D eigenvalue weighted by atomic mass is 16.6. The highest BCUT2D eigenvalue weighted by molar-refractivity contribution is 5.10. The molecule has 5 nitrogen and oxygen atoms in total. The third kappa shape index (κ3) is 4.54. The number of ether oxygens (including phenoxy) is 2. The molecule has 134 valence electrons. The average molecular weight is 333 g/mol. The Morgan fingerprint density at radius 3 is 2.92 bits per heavy atom. The lowest BCUT2D eigenvalue weighted by molar-refractivity contribution is -0.0924. The van der Waals surface area contributed by atoms with Crippen molar-refractivity contribution in [3.63, 3.8) is 0 Å². The first-order valence-electron chi connectivity index (χ1n) is 9.13. The molecule has 3 heterocycles. The molecular formula is C19H31N3O2. The first-order valence-corrected chi connectivity index (χ1v) is 9.13. The van der Waals surface area contributed by atoms with Crippen molar-refractivity contribution in [1.29, 1.82) is 0 Å². The van der Waals surface area contributed by atoms with Gasteiger partial charge in [0.1, 0.15) is 5.60 Å². The first-order chi connectivity index (χ1) is 11.6. The summed E-state index contributed by atoms with van der Waals surface area (Å²) in [6.45, 7) is 9.83. The molecule has 2 atom stereocenters. The number of pyridine rings is 1. The Hall–Kier alpha value is -1.01. The molecule has 0 saturated carbocycles. The number of nitrogens with zero attached hydrogens (tertiary/aromatic N) is 3. The van der Waals surface area contributed by atoms with Gasteiger partial charge in [0.25, 0.3) is 0 Å². The van der Waals surface area contributed by atoms with E-state index in [1.54, 1.807) is 0 Å². The van der Waals surface area contributed by atoms with E-state index in [-0.39, 0.29) is 5.60 Å². The molecule has 1 spiro atoms. The molecule has 0 bridgehead atoms. The Morgan fingerprint density at radius 2 is 2.17 bits per heavy atom. The number of aromatic nitrogens is 1. The van der Waals surface area contributed by atoms with Gasteiger partial charge in [-0.2, -0.15) is 0 Å². The summed E-state index contributed by atoms with van der Waals surface area (Å²) in [6.07, 6.45) is 6.27. The lowest BCUT2D eigenvalue weighted by atomic mass is 9.99. The molecule has 3 rings (SSSR count). The second-order valence-corrected chi connectivity index (χ2v) is 7.61. The minimum Gasteiger partial charge on any atom is -0.377 e. The lowest BCUT2D eigenvalue weighted by Gasteiger charge is -2.33. The smallest absolute Gasteiger partial charge is 0.105 e. The molecule has 0 radical (unpaired) electrons. The summed E-state index contributed by atoms with van der Waals surface area (Å²) < 4.78 is 12.4. The van der Waals surface area contributed by atoms with Crippen molar-refractivity contribution in [3.05, 3.63) is 30.1 Å². The molecule has 24 heavy (non-hydrogen) atoms. The fraction of sp³-hybridized carbons (Fsp3) is 0.737. The Balaban J connectivity index is 1.60. The van der Waals surface area contributed by atoms with Crippen molar-refractivity contribution in [1.82, 2.24) is 14.8 Å². The molecule has 0 aliphatic carbocycles. The van der Waals surface area contributed by atoms with Crippen LogP contribution < -0.4 is 0 Å². The van der Waals surface area contributed by atoms with Gasteiger partial charge in [-0.05, 0) is 51.4 Å². The monoisotopic (exact) mass is 333 g/mol. The highest BCUT2D eigenvalue weighted by Gasteiger charge is 2.43. The Labute approximate surface area is 145 Å². The van der Waals surface area contributed by atoms with Gasteiger partial charge in [0.05, 0.1) is 19.3 Å². The number of hydrogen-bond acceptors (Lipinski definition) is 5. The van der Waals surface area contributed by atoms with Crippen LogP contribution in [-0.2, 0) is 16.0 Å². The summed E-state index contributed by atoms with van der Waals surface area (Å²) in [5, 5.41) is 0. The molecule has 1 aromatic rings. The van der Waals surface area contributed by atoms with Crippen LogP contribution in [0.5, 0.6) is 0 Å². The summed E-state index contributed by atoms with van der Waals surface area (Å²) >= 11 is 0. The predicted octanol–water partition coefficient (Wildman–Crippen LogP) is 2.17. The van der Waals surface area contributed by atoms with Gasteiger partial charge in [0.15, 0.2) is 0 Å².